The first-order valence-corrected chi connectivity index (χ1v) is 10.0. The molecular formula is C16H22ClNOS2. The molecule has 2 rings (SSSR count). The fraction of sp³-hybridized carbons (Fsp3) is 0.562. The number of hydrogen-bond donors (Lipinski definition) is 0. The second-order valence-electron chi connectivity index (χ2n) is 4.94. The molecule has 1 aromatic rings. The van der Waals surface area contributed by atoms with Gasteiger partial charge in [-0.1, -0.05) is 32.0 Å². The topological polar surface area (TPSA) is 20.3 Å². The van der Waals surface area contributed by atoms with Crippen molar-refractivity contribution in [2.24, 2.45) is 0 Å². The highest BCUT2D eigenvalue weighted by atomic mass is 35.5. The van der Waals surface area contributed by atoms with Gasteiger partial charge in [0.05, 0.1) is 10.3 Å². The summed E-state index contributed by atoms with van der Waals surface area (Å²) in [4.78, 5) is 14.3. The predicted molar refractivity (Wildman–Crippen MR) is 97.0 cm³/mol. The number of carbonyl (C=O) groups is 1. The van der Waals surface area contributed by atoms with Crippen LogP contribution >= 0.6 is 35.1 Å². The second kappa shape index (κ2) is 8.35. The largest absolute Gasteiger partial charge is 0.309 e. The lowest BCUT2D eigenvalue weighted by Crippen LogP contribution is -2.37. The highest BCUT2D eigenvalue weighted by Crippen LogP contribution is 2.35. The third-order valence-electron chi connectivity index (χ3n) is 3.67. The van der Waals surface area contributed by atoms with Gasteiger partial charge in [-0.3, -0.25) is 4.79 Å². The molecular weight excluding hydrogens is 322 g/mol. The van der Waals surface area contributed by atoms with Crippen molar-refractivity contribution in [3.63, 3.8) is 0 Å². The number of nitrogens with zero attached hydrogens (tertiary/aromatic N) is 1. The second-order valence-corrected chi connectivity index (χ2v) is 8.13. The van der Waals surface area contributed by atoms with E-state index in [4.69, 9.17) is 11.6 Å². The Labute approximate surface area is 141 Å². The number of anilines is 1. The lowest BCUT2D eigenvalue weighted by atomic mass is 10.0. The monoisotopic (exact) mass is 343 g/mol. The van der Waals surface area contributed by atoms with E-state index in [1.54, 1.807) is 0 Å². The van der Waals surface area contributed by atoms with Crippen molar-refractivity contribution >= 4 is 46.7 Å². The average Bonchev–Trinajstić information content (AvgIpc) is 3.04. The van der Waals surface area contributed by atoms with Crippen LogP contribution in [0.2, 0.25) is 0 Å². The Bertz CT molecular complexity index is 467. The van der Waals surface area contributed by atoms with Crippen LogP contribution < -0.4 is 4.90 Å². The van der Waals surface area contributed by atoms with Gasteiger partial charge in [0.1, 0.15) is 5.88 Å². The first-order valence-electron chi connectivity index (χ1n) is 7.41. The molecule has 0 unspecified atom stereocenters. The van der Waals surface area contributed by atoms with Crippen LogP contribution in [-0.2, 0) is 17.6 Å². The third-order valence-corrected chi connectivity index (χ3v) is 6.90. The van der Waals surface area contributed by atoms with Gasteiger partial charge in [-0.25, -0.2) is 0 Å². The van der Waals surface area contributed by atoms with Gasteiger partial charge in [0.2, 0.25) is 5.91 Å². The summed E-state index contributed by atoms with van der Waals surface area (Å²) in [6.07, 6.45) is 1.86. The normalized spacial score (nSPS) is 15.4. The highest BCUT2D eigenvalue weighted by Gasteiger charge is 2.26. The van der Waals surface area contributed by atoms with Crippen molar-refractivity contribution in [1.82, 2.24) is 0 Å². The van der Waals surface area contributed by atoms with Crippen LogP contribution in [0, 0.1) is 0 Å². The predicted octanol–water partition coefficient (Wildman–Crippen LogP) is 4.19. The minimum atomic E-state index is 0.0142. The van der Waals surface area contributed by atoms with Gasteiger partial charge in [0.25, 0.3) is 0 Å². The summed E-state index contributed by atoms with van der Waals surface area (Å²) in [5.74, 6) is 2.41. The van der Waals surface area contributed by atoms with E-state index < -0.39 is 0 Å². The maximum atomic E-state index is 12.4. The number of rotatable bonds is 6. The van der Waals surface area contributed by atoms with Gasteiger partial charge in [-0.2, -0.15) is 0 Å². The van der Waals surface area contributed by atoms with Crippen LogP contribution in [0.25, 0.3) is 0 Å². The Hall–Kier alpha value is -0.320. The van der Waals surface area contributed by atoms with E-state index in [2.05, 4.69) is 32.0 Å². The highest BCUT2D eigenvalue weighted by molar-refractivity contribution is 8.20. The van der Waals surface area contributed by atoms with E-state index in [0.29, 0.717) is 4.58 Å². The number of halogens is 1. The maximum absolute atomic E-state index is 12.4. The fourth-order valence-electron chi connectivity index (χ4n) is 2.61. The van der Waals surface area contributed by atoms with Crippen LogP contribution in [0.5, 0.6) is 0 Å². The van der Waals surface area contributed by atoms with E-state index in [1.165, 1.54) is 22.6 Å². The smallest absolute Gasteiger partial charge is 0.241 e. The Morgan fingerprint density at radius 2 is 1.81 bits per heavy atom. The van der Waals surface area contributed by atoms with Crippen LogP contribution in [0.1, 0.15) is 25.0 Å². The molecule has 2 nitrogen and oxygen atoms in total. The number of benzene rings is 1. The molecule has 1 aliphatic heterocycles. The quantitative estimate of drug-likeness (QED) is 0.722. The van der Waals surface area contributed by atoms with Gasteiger partial charge < -0.3 is 4.90 Å². The molecule has 0 spiro atoms. The first kappa shape index (κ1) is 17.0. The van der Waals surface area contributed by atoms with Crippen molar-refractivity contribution in [1.29, 1.82) is 0 Å². The summed E-state index contributed by atoms with van der Waals surface area (Å²) in [5, 5.41) is 0. The summed E-state index contributed by atoms with van der Waals surface area (Å²) in [6.45, 7) is 5.03. The van der Waals surface area contributed by atoms with Crippen molar-refractivity contribution < 1.29 is 4.79 Å². The van der Waals surface area contributed by atoms with Crippen LogP contribution in [0.3, 0.4) is 0 Å². The van der Waals surface area contributed by atoms with Crippen LogP contribution in [0.15, 0.2) is 18.2 Å². The molecule has 0 bridgehead atoms. The molecule has 1 aromatic carbocycles. The molecule has 1 heterocycles. The number of thioether (sulfide) groups is 2. The zero-order valence-electron chi connectivity index (χ0n) is 12.6. The van der Waals surface area contributed by atoms with Crippen LogP contribution in [0.4, 0.5) is 5.69 Å². The van der Waals surface area contributed by atoms with E-state index in [-0.39, 0.29) is 11.8 Å². The lowest BCUT2D eigenvalue weighted by Gasteiger charge is -2.29. The molecule has 1 fully saturated rings. The molecule has 1 aliphatic rings. The molecule has 0 aromatic heterocycles. The molecule has 0 atom stereocenters. The molecule has 1 saturated heterocycles. The minimum absolute atomic E-state index is 0.0142. The van der Waals surface area contributed by atoms with Crippen molar-refractivity contribution in [2.75, 3.05) is 28.8 Å². The average molecular weight is 344 g/mol. The molecule has 1 amide bonds. The van der Waals surface area contributed by atoms with E-state index in [0.717, 1.165) is 25.1 Å². The van der Waals surface area contributed by atoms with Crippen molar-refractivity contribution in [3.8, 4) is 0 Å². The fourth-order valence-corrected chi connectivity index (χ4v) is 5.52. The lowest BCUT2D eigenvalue weighted by molar-refractivity contribution is -0.116. The van der Waals surface area contributed by atoms with E-state index >= 15 is 0 Å². The molecule has 5 heteroatoms. The van der Waals surface area contributed by atoms with Gasteiger partial charge in [-0.15, -0.1) is 35.1 Å². The standard InChI is InChI=1S/C16H22ClNOS2/c1-3-12-6-5-7-13(4-2)16(12)18(14(19)10-17)11-15-20-8-9-21-15/h5-7,15H,3-4,8-11H2,1-2H3. The molecule has 21 heavy (non-hydrogen) atoms. The Balaban J connectivity index is 2.37. The summed E-state index contributed by atoms with van der Waals surface area (Å²) in [5.41, 5.74) is 3.57. The number of para-hydroxylation sites is 1. The summed E-state index contributed by atoms with van der Waals surface area (Å²) in [6, 6.07) is 6.33. The third kappa shape index (κ3) is 4.11. The Kier molecular flexibility index (Phi) is 6.77. The summed E-state index contributed by atoms with van der Waals surface area (Å²) >= 11 is 9.76. The molecule has 0 radical (unpaired) electrons. The van der Waals surface area contributed by atoms with Crippen molar-refractivity contribution in [3.05, 3.63) is 29.3 Å². The first-order chi connectivity index (χ1) is 10.2. The number of carbonyl (C=O) groups excluding carboxylic acids is 1. The van der Waals surface area contributed by atoms with E-state index in [9.17, 15) is 4.79 Å². The maximum Gasteiger partial charge on any atom is 0.241 e. The SMILES string of the molecule is CCc1cccc(CC)c1N(CC1SCCS1)C(=O)CCl. The van der Waals surface area contributed by atoms with Gasteiger partial charge in [0.15, 0.2) is 0 Å². The molecule has 0 aliphatic carbocycles. The molecule has 0 N–H and O–H groups in total. The summed E-state index contributed by atoms with van der Waals surface area (Å²) < 4.78 is 0.465. The number of alkyl halides is 1. The molecule has 116 valence electrons. The number of aryl methyl sites for hydroxylation is 2. The van der Waals surface area contributed by atoms with Crippen LogP contribution in [-0.4, -0.2) is 34.4 Å². The zero-order chi connectivity index (χ0) is 15.2. The summed E-state index contributed by atoms with van der Waals surface area (Å²) in [7, 11) is 0. The number of amides is 1. The van der Waals surface area contributed by atoms with Gasteiger partial charge in [0, 0.05) is 18.1 Å². The Morgan fingerprint density at radius 1 is 1.24 bits per heavy atom. The van der Waals surface area contributed by atoms with E-state index in [1.807, 2.05) is 28.4 Å². The minimum Gasteiger partial charge on any atom is -0.309 e. The van der Waals surface area contributed by atoms with Crippen molar-refractivity contribution in [2.45, 2.75) is 31.3 Å². The molecule has 0 saturated carbocycles. The zero-order valence-corrected chi connectivity index (χ0v) is 15.0. The Morgan fingerprint density at radius 3 is 2.29 bits per heavy atom. The van der Waals surface area contributed by atoms with Gasteiger partial charge >= 0.3 is 0 Å². The van der Waals surface area contributed by atoms with Gasteiger partial charge in [-0.05, 0) is 24.0 Å². The number of hydrogen-bond acceptors (Lipinski definition) is 3.